The van der Waals surface area contributed by atoms with Gasteiger partial charge in [-0.15, -0.1) is 0 Å². The van der Waals surface area contributed by atoms with Gasteiger partial charge in [-0.3, -0.25) is 9.79 Å². The summed E-state index contributed by atoms with van der Waals surface area (Å²) >= 11 is 0. The molecular weight excluding hydrogens is 340 g/mol. The molecule has 150 valence electrons. The van der Waals surface area contributed by atoms with Crippen molar-refractivity contribution in [3.63, 3.8) is 0 Å². The molecule has 1 aromatic rings. The summed E-state index contributed by atoms with van der Waals surface area (Å²) in [7, 11) is 3.51. The third-order valence-corrected chi connectivity index (χ3v) is 4.93. The number of carbonyl (C=O) groups excluding carboxylic acids is 1. The molecule has 27 heavy (non-hydrogen) atoms. The van der Waals surface area contributed by atoms with Gasteiger partial charge in [-0.05, 0) is 23.0 Å². The monoisotopic (exact) mass is 374 g/mol. The van der Waals surface area contributed by atoms with Crippen molar-refractivity contribution in [3.05, 3.63) is 35.4 Å². The first kappa shape index (κ1) is 21.2. The Balaban J connectivity index is 1.87. The molecular formula is C21H34N4O2. The van der Waals surface area contributed by atoms with E-state index >= 15 is 0 Å². The number of amides is 1. The zero-order chi connectivity index (χ0) is 19.9. The second kappa shape index (κ2) is 9.74. The average molecular weight is 375 g/mol. The van der Waals surface area contributed by atoms with Crippen molar-refractivity contribution in [2.45, 2.75) is 52.8 Å². The lowest BCUT2D eigenvalue weighted by atomic mass is 9.89. The van der Waals surface area contributed by atoms with Crippen LogP contribution in [0.1, 0.15) is 44.7 Å². The van der Waals surface area contributed by atoms with Crippen LogP contribution in [0.5, 0.6) is 0 Å². The van der Waals surface area contributed by atoms with Gasteiger partial charge in [0.25, 0.3) is 0 Å². The number of nitrogens with zero attached hydrogens (tertiary/aromatic N) is 2. The number of methoxy groups -OCH3 is 1. The normalized spacial score (nSPS) is 16.6. The molecule has 2 N–H and O–H groups in total. The highest BCUT2D eigenvalue weighted by molar-refractivity contribution is 5.79. The van der Waals surface area contributed by atoms with E-state index in [1.807, 2.05) is 11.0 Å². The third-order valence-electron chi connectivity index (χ3n) is 4.93. The smallest absolute Gasteiger partial charge is 0.222 e. The number of carbonyl (C=O) groups is 1. The minimum absolute atomic E-state index is 0.0575. The largest absolute Gasteiger partial charge is 0.379 e. The molecule has 1 atom stereocenters. The molecule has 1 aromatic carbocycles. The van der Waals surface area contributed by atoms with E-state index in [4.69, 9.17) is 4.74 Å². The van der Waals surface area contributed by atoms with E-state index in [0.717, 1.165) is 18.9 Å². The average Bonchev–Trinajstić information content (AvgIpc) is 3.02. The predicted octanol–water partition coefficient (Wildman–Crippen LogP) is 2.54. The number of aliphatic imine (C=N–C) groups is 1. The molecule has 0 saturated carbocycles. The van der Waals surface area contributed by atoms with Gasteiger partial charge >= 0.3 is 0 Å². The van der Waals surface area contributed by atoms with Gasteiger partial charge in [-0.25, -0.2) is 0 Å². The first-order valence-corrected chi connectivity index (χ1v) is 9.66. The minimum atomic E-state index is 0.0575. The number of rotatable bonds is 7. The van der Waals surface area contributed by atoms with Crippen LogP contribution in [0, 0.1) is 5.41 Å². The van der Waals surface area contributed by atoms with Crippen molar-refractivity contribution in [2.75, 3.05) is 27.2 Å². The molecule has 1 aliphatic heterocycles. The SMILES string of the molecule is CN=C(NCc1cccc(CN2CCCC2=O)c1)NCC(OC)C(C)(C)C. The second-order valence-electron chi connectivity index (χ2n) is 8.14. The molecule has 0 spiro atoms. The molecule has 1 saturated heterocycles. The Labute approximate surface area is 163 Å². The van der Waals surface area contributed by atoms with Gasteiger partial charge in [0.1, 0.15) is 0 Å². The number of hydrogen-bond acceptors (Lipinski definition) is 3. The Morgan fingerprint density at radius 2 is 2.04 bits per heavy atom. The number of likely N-dealkylation sites (tertiary alicyclic amines) is 1. The van der Waals surface area contributed by atoms with Gasteiger partial charge in [-0.1, -0.05) is 45.0 Å². The molecule has 1 amide bonds. The van der Waals surface area contributed by atoms with Crippen LogP contribution in [-0.2, 0) is 22.6 Å². The number of ether oxygens (including phenoxy) is 1. The number of nitrogens with one attached hydrogen (secondary N) is 2. The summed E-state index contributed by atoms with van der Waals surface area (Å²) in [5, 5.41) is 6.69. The molecule has 1 unspecified atom stereocenters. The number of hydrogen-bond donors (Lipinski definition) is 2. The zero-order valence-electron chi connectivity index (χ0n) is 17.3. The molecule has 6 heteroatoms. The summed E-state index contributed by atoms with van der Waals surface area (Å²) in [6, 6.07) is 8.36. The van der Waals surface area contributed by atoms with Gasteiger partial charge in [0.15, 0.2) is 5.96 Å². The lowest BCUT2D eigenvalue weighted by Crippen LogP contribution is -2.45. The lowest BCUT2D eigenvalue weighted by Gasteiger charge is -2.30. The Hall–Kier alpha value is -2.08. The van der Waals surface area contributed by atoms with Crippen molar-refractivity contribution in [3.8, 4) is 0 Å². The van der Waals surface area contributed by atoms with Gasteiger partial charge in [0.05, 0.1) is 6.10 Å². The first-order chi connectivity index (χ1) is 12.8. The van der Waals surface area contributed by atoms with Crippen molar-refractivity contribution in [2.24, 2.45) is 10.4 Å². The molecule has 6 nitrogen and oxygen atoms in total. The van der Waals surface area contributed by atoms with Crippen molar-refractivity contribution >= 4 is 11.9 Å². The molecule has 0 radical (unpaired) electrons. The standard InChI is InChI=1S/C21H34N4O2/c1-21(2,3)18(27-5)14-24-20(22-4)23-13-16-8-6-9-17(12-16)15-25-11-7-10-19(25)26/h6,8-9,12,18H,7,10-11,13-15H2,1-5H3,(H2,22,23,24). The third kappa shape index (κ3) is 6.54. The van der Waals surface area contributed by atoms with E-state index in [2.05, 4.69) is 54.6 Å². The first-order valence-electron chi connectivity index (χ1n) is 9.66. The zero-order valence-corrected chi connectivity index (χ0v) is 17.3. The summed E-state index contributed by atoms with van der Waals surface area (Å²) in [6.07, 6.45) is 1.75. The van der Waals surface area contributed by atoms with Gasteiger partial charge in [0, 0.05) is 46.8 Å². The van der Waals surface area contributed by atoms with E-state index < -0.39 is 0 Å². The topological polar surface area (TPSA) is 66.0 Å². The van der Waals surface area contributed by atoms with E-state index in [-0.39, 0.29) is 17.4 Å². The van der Waals surface area contributed by atoms with Crippen LogP contribution in [0.3, 0.4) is 0 Å². The second-order valence-corrected chi connectivity index (χ2v) is 8.14. The van der Waals surface area contributed by atoms with Crippen LogP contribution in [-0.4, -0.2) is 50.1 Å². The van der Waals surface area contributed by atoms with Gasteiger partial charge in [0.2, 0.25) is 5.91 Å². The highest BCUT2D eigenvalue weighted by Gasteiger charge is 2.24. The van der Waals surface area contributed by atoms with E-state index in [1.54, 1.807) is 14.2 Å². The molecule has 0 bridgehead atoms. The summed E-state index contributed by atoms with van der Waals surface area (Å²) in [5.41, 5.74) is 2.39. The Bertz CT molecular complexity index is 652. The van der Waals surface area contributed by atoms with Crippen LogP contribution in [0.25, 0.3) is 0 Å². The minimum Gasteiger partial charge on any atom is -0.379 e. The van der Waals surface area contributed by atoms with E-state index in [0.29, 0.717) is 26.1 Å². The molecule has 2 rings (SSSR count). The van der Waals surface area contributed by atoms with Crippen LogP contribution in [0.2, 0.25) is 0 Å². The molecule has 0 aliphatic carbocycles. The van der Waals surface area contributed by atoms with Crippen molar-refractivity contribution in [1.29, 1.82) is 0 Å². The van der Waals surface area contributed by atoms with Crippen LogP contribution < -0.4 is 10.6 Å². The highest BCUT2D eigenvalue weighted by atomic mass is 16.5. The Morgan fingerprint density at radius 1 is 1.30 bits per heavy atom. The fourth-order valence-electron chi connectivity index (χ4n) is 3.27. The Kier molecular flexibility index (Phi) is 7.66. The van der Waals surface area contributed by atoms with Crippen LogP contribution in [0.4, 0.5) is 0 Å². The maximum absolute atomic E-state index is 11.8. The van der Waals surface area contributed by atoms with Crippen molar-refractivity contribution in [1.82, 2.24) is 15.5 Å². The lowest BCUT2D eigenvalue weighted by molar-refractivity contribution is -0.128. The van der Waals surface area contributed by atoms with E-state index in [1.165, 1.54) is 11.1 Å². The molecule has 1 aliphatic rings. The maximum Gasteiger partial charge on any atom is 0.222 e. The fraction of sp³-hybridized carbons (Fsp3) is 0.619. The molecule has 1 heterocycles. The van der Waals surface area contributed by atoms with Gasteiger partial charge in [-0.2, -0.15) is 0 Å². The molecule has 1 fully saturated rings. The van der Waals surface area contributed by atoms with Crippen LogP contribution >= 0.6 is 0 Å². The Morgan fingerprint density at radius 3 is 2.63 bits per heavy atom. The molecule has 0 aromatic heterocycles. The van der Waals surface area contributed by atoms with E-state index in [9.17, 15) is 4.79 Å². The highest BCUT2D eigenvalue weighted by Crippen LogP contribution is 2.21. The number of benzene rings is 1. The summed E-state index contributed by atoms with van der Waals surface area (Å²) in [4.78, 5) is 18.0. The van der Waals surface area contributed by atoms with Crippen LogP contribution in [0.15, 0.2) is 29.3 Å². The predicted molar refractivity (Wildman–Crippen MR) is 110 cm³/mol. The summed E-state index contributed by atoms with van der Waals surface area (Å²) < 4.78 is 5.58. The quantitative estimate of drug-likeness (QED) is 0.569. The maximum atomic E-state index is 11.8. The summed E-state index contributed by atoms with van der Waals surface area (Å²) in [5.74, 6) is 1.01. The fourth-order valence-corrected chi connectivity index (χ4v) is 3.27. The van der Waals surface area contributed by atoms with Crippen molar-refractivity contribution < 1.29 is 9.53 Å². The summed E-state index contributed by atoms with van der Waals surface area (Å²) in [6.45, 7) is 9.42. The van der Waals surface area contributed by atoms with Gasteiger partial charge < -0.3 is 20.3 Å². The number of guanidine groups is 1.